The van der Waals surface area contributed by atoms with Crippen LogP contribution in [0.3, 0.4) is 0 Å². The van der Waals surface area contributed by atoms with Crippen LogP contribution in [0.25, 0.3) is 0 Å². The van der Waals surface area contributed by atoms with Crippen LogP contribution in [0, 0.1) is 6.92 Å². The van der Waals surface area contributed by atoms with Crippen molar-refractivity contribution in [3.8, 4) is 0 Å². The third-order valence-electron chi connectivity index (χ3n) is 2.97. The fourth-order valence-corrected chi connectivity index (χ4v) is 3.00. The number of hydrogen-bond acceptors (Lipinski definition) is 7. The summed E-state index contributed by atoms with van der Waals surface area (Å²) in [5.74, 6) is -1.65. The van der Waals surface area contributed by atoms with Gasteiger partial charge in [-0.25, -0.2) is 9.59 Å². The zero-order valence-corrected chi connectivity index (χ0v) is 13.6. The standard InChI is InChI=1S/C15H15NO6S/c1-4-21-15(19)11-8(2)10(14(18)20-3)13(23-11)16-12(17)9-6-5-7-22-9/h5-7H,4H2,1-3H3,(H,16,17). The topological polar surface area (TPSA) is 94.8 Å². The average Bonchev–Trinajstić information content (AvgIpc) is 3.15. The van der Waals surface area contributed by atoms with Crippen LogP contribution in [0.4, 0.5) is 5.00 Å². The molecule has 8 heteroatoms. The van der Waals surface area contributed by atoms with Gasteiger partial charge in [0.05, 0.1) is 25.5 Å². The molecular weight excluding hydrogens is 322 g/mol. The average molecular weight is 337 g/mol. The van der Waals surface area contributed by atoms with Crippen molar-refractivity contribution in [2.24, 2.45) is 0 Å². The van der Waals surface area contributed by atoms with Gasteiger partial charge in [-0.05, 0) is 31.5 Å². The lowest BCUT2D eigenvalue weighted by molar-refractivity contribution is 0.0531. The van der Waals surface area contributed by atoms with E-state index in [4.69, 9.17) is 13.9 Å². The summed E-state index contributed by atoms with van der Waals surface area (Å²) < 4.78 is 14.7. The van der Waals surface area contributed by atoms with E-state index in [1.165, 1.54) is 19.4 Å². The number of carbonyl (C=O) groups excluding carboxylic acids is 3. The Bertz CT molecular complexity index is 731. The van der Waals surface area contributed by atoms with Crippen LogP contribution < -0.4 is 5.32 Å². The van der Waals surface area contributed by atoms with Gasteiger partial charge in [0, 0.05) is 0 Å². The number of esters is 2. The lowest BCUT2D eigenvalue weighted by Gasteiger charge is -2.04. The third kappa shape index (κ3) is 3.42. The van der Waals surface area contributed by atoms with Crippen molar-refractivity contribution in [3.63, 3.8) is 0 Å². The van der Waals surface area contributed by atoms with Crippen molar-refractivity contribution in [1.29, 1.82) is 0 Å². The summed E-state index contributed by atoms with van der Waals surface area (Å²) >= 11 is 0.954. The van der Waals surface area contributed by atoms with Crippen molar-refractivity contribution in [2.75, 3.05) is 19.0 Å². The first kappa shape index (κ1) is 16.8. The zero-order valence-electron chi connectivity index (χ0n) is 12.8. The molecule has 0 aliphatic rings. The first-order chi connectivity index (χ1) is 11.0. The third-order valence-corrected chi connectivity index (χ3v) is 4.16. The number of nitrogens with one attached hydrogen (secondary N) is 1. The molecular formula is C15H15NO6S. The Kier molecular flexibility index (Phi) is 5.17. The molecule has 0 radical (unpaired) electrons. The van der Waals surface area contributed by atoms with Gasteiger partial charge >= 0.3 is 11.9 Å². The van der Waals surface area contributed by atoms with Crippen LogP contribution in [0.1, 0.15) is 43.1 Å². The Morgan fingerprint density at radius 3 is 2.61 bits per heavy atom. The summed E-state index contributed by atoms with van der Waals surface area (Å²) in [7, 11) is 1.22. The van der Waals surface area contributed by atoms with Gasteiger partial charge in [-0.15, -0.1) is 11.3 Å². The van der Waals surface area contributed by atoms with Gasteiger partial charge in [0.15, 0.2) is 5.76 Å². The van der Waals surface area contributed by atoms with Crippen LogP contribution >= 0.6 is 11.3 Å². The maximum Gasteiger partial charge on any atom is 0.348 e. The lowest BCUT2D eigenvalue weighted by Crippen LogP contribution is -2.13. The Hall–Kier alpha value is -2.61. The van der Waals surface area contributed by atoms with Crippen LogP contribution in [-0.4, -0.2) is 31.6 Å². The fraction of sp³-hybridized carbons (Fsp3) is 0.267. The Balaban J connectivity index is 2.40. The van der Waals surface area contributed by atoms with E-state index in [0.29, 0.717) is 5.56 Å². The molecule has 2 heterocycles. The van der Waals surface area contributed by atoms with Crippen LogP contribution in [0.15, 0.2) is 22.8 Å². The number of furan rings is 1. The predicted molar refractivity (Wildman–Crippen MR) is 83.0 cm³/mol. The molecule has 23 heavy (non-hydrogen) atoms. The largest absolute Gasteiger partial charge is 0.465 e. The number of hydrogen-bond donors (Lipinski definition) is 1. The molecule has 0 saturated heterocycles. The van der Waals surface area contributed by atoms with Gasteiger partial charge < -0.3 is 19.2 Å². The molecule has 122 valence electrons. The molecule has 2 rings (SSSR count). The van der Waals surface area contributed by atoms with Crippen molar-refractivity contribution in [1.82, 2.24) is 0 Å². The Labute approximate surface area is 136 Å². The second-order valence-corrected chi connectivity index (χ2v) is 5.42. The Morgan fingerprint density at radius 2 is 2.04 bits per heavy atom. The number of amides is 1. The number of thiophene rings is 1. The first-order valence-corrected chi connectivity index (χ1v) is 7.54. The molecule has 2 aromatic heterocycles. The molecule has 0 fully saturated rings. The highest BCUT2D eigenvalue weighted by Crippen LogP contribution is 2.34. The van der Waals surface area contributed by atoms with Gasteiger partial charge in [-0.2, -0.15) is 0 Å². The summed E-state index contributed by atoms with van der Waals surface area (Å²) in [6, 6.07) is 3.06. The number of carbonyl (C=O) groups is 3. The number of rotatable bonds is 5. The molecule has 0 aliphatic heterocycles. The van der Waals surface area contributed by atoms with E-state index >= 15 is 0 Å². The van der Waals surface area contributed by atoms with E-state index in [9.17, 15) is 14.4 Å². The van der Waals surface area contributed by atoms with Gasteiger partial charge in [-0.3, -0.25) is 4.79 Å². The maximum absolute atomic E-state index is 12.1. The minimum absolute atomic E-state index is 0.0875. The predicted octanol–water partition coefficient (Wildman–Crippen LogP) is 2.87. The summed E-state index contributed by atoms with van der Waals surface area (Å²) in [5, 5.41) is 2.77. The normalized spacial score (nSPS) is 10.2. The molecule has 7 nitrogen and oxygen atoms in total. The molecule has 0 saturated carbocycles. The molecule has 1 N–H and O–H groups in total. The number of ether oxygens (including phenoxy) is 2. The highest BCUT2D eigenvalue weighted by Gasteiger charge is 2.27. The van der Waals surface area contributed by atoms with Gasteiger partial charge in [0.25, 0.3) is 5.91 Å². The van der Waals surface area contributed by atoms with Gasteiger partial charge in [0.1, 0.15) is 9.88 Å². The van der Waals surface area contributed by atoms with Crippen LogP contribution in [0.5, 0.6) is 0 Å². The smallest absolute Gasteiger partial charge is 0.348 e. The highest BCUT2D eigenvalue weighted by atomic mass is 32.1. The van der Waals surface area contributed by atoms with Crippen molar-refractivity contribution >= 4 is 34.2 Å². The number of methoxy groups -OCH3 is 1. The summed E-state index contributed by atoms with van der Waals surface area (Å²) in [4.78, 5) is 36.3. The monoisotopic (exact) mass is 337 g/mol. The van der Waals surface area contributed by atoms with Gasteiger partial charge in [-0.1, -0.05) is 0 Å². The minimum Gasteiger partial charge on any atom is -0.465 e. The molecule has 0 bridgehead atoms. The van der Waals surface area contributed by atoms with Crippen molar-refractivity contribution in [2.45, 2.75) is 13.8 Å². The van der Waals surface area contributed by atoms with E-state index in [0.717, 1.165) is 11.3 Å². The summed E-state index contributed by atoms with van der Waals surface area (Å²) in [6.07, 6.45) is 1.36. The van der Waals surface area contributed by atoms with E-state index < -0.39 is 17.8 Å². The van der Waals surface area contributed by atoms with E-state index in [1.807, 2.05) is 0 Å². The van der Waals surface area contributed by atoms with Gasteiger partial charge in [0.2, 0.25) is 0 Å². The molecule has 1 amide bonds. The molecule has 2 aromatic rings. The second-order valence-electron chi connectivity index (χ2n) is 4.40. The minimum atomic E-state index is -0.649. The van der Waals surface area contributed by atoms with Crippen LogP contribution in [0.2, 0.25) is 0 Å². The van der Waals surface area contributed by atoms with Crippen molar-refractivity contribution in [3.05, 3.63) is 40.2 Å². The maximum atomic E-state index is 12.1. The summed E-state index contributed by atoms with van der Waals surface area (Å²) in [6.45, 7) is 3.48. The Morgan fingerprint density at radius 1 is 1.30 bits per heavy atom. The van der Waals surface area contributed by atoms with E-state index in [2.05, 4.69) is 5.32 Å². The van der Waals surface area contributed by atoms with E-state index in [1.54, 1.807) is 19.9 Å². The molecule has 0 atom stereocenters. The molecule has 0 aromatic carbocycles. The fourth-order valence-electron chi connectivity index (χ4n) is 1.91. The zero-order chi connectivity index (χ0) is 17.0. The first-order valence-electron chi connectivity index (χ1n) is 6.73. The molecule has 0 spiro atoms. The van der Waals surface area contributed by atoms with Crippen LogP contribution in [-0.2, 0) is 9.47 Å². The van der Waals surface area contributed by atoms with Crippen molar-refractivity contribution < 1.29 is 28.3 Å². The second kappa shape index (κ2) is 7.10. The SMILES string of the molecule is CCOC(=O)c1sc(NC(=O)c2ccco2)c(C(=O)OC)c1C. The van der Waals surface area contributed by atoms with E-state index in [-0.39, 0.29) is 27.8 Å². The lowest BCUT2D eigenvalue weighted by atomic mass is 10.1. The molecule has 0 aliphatic carbocycles. The summed E-state index contributed by atoms with van der Waals surface area (Å²) in [5.41, 5.74) is 0.524. The quantitative estimate of drug-likeness (QED) is 0.843. The molecule has 0 unspecified atom stereocenters. The highest BCUT2D eigenvalue weighted by molar-refractivity contribution is 7.18. The number of anilines is 1.